The molecule has 0 saturated carbocycles. The molecular formula is C9H9F2NO2. The third-order valence-electron chi connectivity index (χ3n) is 1.87. The van der Waals surface area contributed by atoms with Gasteiger partial charge in [-0.3, -0.25) is 4.79 Å². The maximum absolute atomic E-state index is 13.1. The van der Waals surface area contributed by atoms with Gasteiger partial charge in [0, 0.05) is 12.1 Å². The van der Waals surface area contributed by atoms with E-state index in [9.17, 15) is 13.6 Å². The summed E-state index contributed by atoms with van der Waals surface area (Å²) in [5, 5.41) is 8.67. The first-order chi connectivity index (χ1) is 6.56. The smallest absolute Gasteiger partial charge is 0.312 e. The minimum Gasteiger partial charge on any atom is -0.481 e. The van der Waals surface area contributed by atoms with Gasteiger partial charge in [0.1, 0.15) is 11.6 Å². The molecule has 0 aliphatic carbocycles. The van der Waals surface area contributed by atoms with E-state index in [1.54, 1.807) is 0 Å². The van der Waals surface area contributed by atoms with Crippen molar-refractivity contribution >= 4 is 5.97 Å². The number of benzene rings is 1. The van der Waals surface area contributed by atoms with Gasteiger partial charge in [-0.15, -0.1) is 0 Å². The van der Waals surface area contributed by atoms with Crippen LogP contribution in [-0.2, 0) is 4.79 Å². The molecule has 0 saturated heterocycles. The molecule has 76 valence electrons. The van der Waals surface area contributed by atoms with Gasteiger partial charge in [-0.25, -0.2) is 8.78 Å². The Hall–Kier alpha value is -1.49. The van der Waals surface area contributed by atoms with Crippen LogP contribution in [0, 0.1) is 11.6 Å². The number of carbonyl (C=O) groups is 1. The van der Waals surface area contributed by atoms with Crippen molar-refractivity contribution in [1.82, 2.24) is 0 Å². The largest absolute Gasteiger partial charge is 0.481 e. The highest BCUT2D eigenvalue weighted by Gasteiger charge is 2.21. The molecule has 0 bridgehead atoms. The summed E-state index contributed by atoms with van der Waals surface area (Å²) in [6.45, 7) is -0.268. The lowest BCUT2D eigenvalue weighted by atomic mass is 9.99. The Balaban J connectivity index is 3.15. The van der Waals surface area contributed by atoms with Gasteiger partial charge in [-0.2, -0.15) is 0 Å². The van der Waals surface area contributed by atoms with Crippen LogP contribution in [-0.4, -0.2) is 17.6 Å². The van der Waals surface area contributed by atoms with Crippen molar-refractivity contribution in [2.75, 3.05) is 6.54 Å². The zero-order valence-corrected chi connectivity index (χ0v) is 7.21. The lowest BCUT2D eigenvalue weighted by molar-refractivity contribution is -0.138. The second-order valence-corrected chi connectivity index (χ2v) is 2.79. The van der Waals surface area contributed by atoms with E-state index in [2.05, 4.69) is 0 Å². The standard InChI is InChI=1S/C9H9F2NO2/c10-5-1-2-8(11)6(3-5)7(4-12)9(13)14/h1-3,7H,4,12H2,(H,13,14). The van der Waals surface area contributed by atoms with Crippen LogP contribution in [0.4, 0.5) is 8.78 Å². The molecule has 0 aliphatic rings. The minimum absolute atomic E-state index is 0.222. The van der Waals surface area contributed by atoms with Crippen molar-refractivity contribution in [2.24, 2.45) is 5.73 Å². The zero-order chi connectivity index (χ0) is 10.7. The first kappa shape index (κ1) is 10.6. The molecule has 0 aliphatic heterocycles. The van der Waals surface area contributed by atoms with Crippen LogP contribution in [0.15, 0.2) is 18.2 Å². The predicted molar refractivity (Wildman–Crippen MR) is 45.8 cm³/mol. The highest BCUT2D eigenvalue weighted by Crippen LogP contribution is 2.19. The topological polar surface area (TPSA) is 63.3 Å². The number of hydrogen-bond acceptors (Lipinski definition) is 2. The minimum atomic E-state index is -1.27. The third-order valence-corrected chi connectivity index (χ3v) is 1.87. The van der Waals surface area contributed by atoms with Gasteiger partial charge in [0.2, 0.25) is 0 Å². The summed E-state index contributed by atoms with van der Waals surface area (Å²) in [4.78, 5) is 10.6. The van der Waals surface area contributed by atoms with Crippen molar-refractivity contribution in [3.63, 3.8) is 0 Å². The van der Waals surface area contributed by atoms with Crippen LogP contribution >= 0.6 is 0 Å². The number of carboxylic acids is 1. The van der Waals surface area contributed by atoms with Crippen LogP contribution < -0.4 is 5.73 Å². The van der Waals surface area contributed by atoms with E-state index in [0.29, 0.717) is 0 Å². The van der Waals surface area contributed by atoms with Crippen molar-refractivity contribution in [3.8, 4) is 0 Å². The molecule has 0 radical (unpaired) electrons. The summed E-state index contributed by atoms with van der Waals surface area (Å²) in [7, 11) is 0. The van der Waals surface area contributed by atoms with E-state index < -0.39 is 23.5 Å². The van der Waals surface area contributed by atoms with E-state index in [0.717, 1.165) is 18.2 Å². The molecule has 5 heteroatoms. The summed E-state index contributed by atoms with van der Waals surface area (Å²) in [5.74, 6) is -3.91. The van der Waals surface area contributed by atoms with Crippen molar-refractivity contribution in [3.05, 3.63) is 35.4 Å². The molecule has 3 N–H and O–H groups in total. The van der Waals surface area contributed by atoms with Gasteiger partial charge < -0.3 is 10.8 Å². The van der Waals surface area contributed by atoms with E-state index >= 15 is 0 Å². The Bertz CT molecular complexity index is 355. The van der Waals surface area contributed by atoms with Gasteiger partial charge in [0.25, 0.3) is 0 Å². The molecule has 14 heavy (non-hydrogen) atoms. The van der Waals surface area contributed by atoms with Crippen molar-refractivity contribution in [2.45, 2.75) is 5.92 Å². The quantitative estimate of drug-likeness (QED) is 0.769. The Morgan fingerprint density at radius 2 is 2.14 bits per heavy atom. The summed E-state index contributed by atoms with van der Waals surface area (Å²) >= 11 is 0. The van der Waals surface area contributed by atoms with Gasteiger partial charge in [-0.05, 0) is 18.2 Å². The molecule has 1 atom stereocenters. The highest BCUT2D eigenvalue weighted by molar-refractivity contribution is 5.76. The second kappa shape index (κ2) is 4.15. The van der Waals surface area contributed by atoms with Gasteiger partial charge >= 0.3 is 5.97 Å². The molecule has 0 heterocycles. The fourth-order valence-corrected chi connectivity index (χ4v) is 1.14. The van der Waals surface area contributed by atoms with Gasteiger partial charge in [0.15, 0.2) is 0 Å². The molecule has 3 nitrogen and oxygen atoms in total. The molecule has 0 fully saturated rings. The Morgan fingerprint density at radius 1 is 1.50 bits per heavy atom. The van der Waals surface area contributed by atoms with Crippen LogP contribution in [0.1, 0.15) is 11.5 Å². The molecular weight excluding hydrogens is 192 g/mol. The number of aliphatic carboxylic acids is 1. The molecule has 1 rings (SSSR count). The van der Waals surface area contributed by atoms with E-state index in [1.807, 2.05) is 0 Å². The number of hydrogen-bond donors (Lipinski definition) is 2. The van der Waals surface area contributed by atoms with Gasteiger partial charge in [-0.1, -0.05) is 0 Å². The van der Waals surface area contributed by atoms with Gasteiger partial charge in [0.05, 0.1) is 5.92 Å². The predicted octanol–water partition coefficient (Wildman–Crippen LogP) is 1.09. The molecule has 1 aromatic carbocycles. The SMILES string of the molecule is NCC(C(=O)O)c1cc(F)ccc1F. The Labute approximate surface area is 79.2 Å². The van der Waals surface area contributed by atoms with Crippen LogP contribution in [0.25, 0.3) is 0 Å². The maximum atomic E-state index is 13.1. The molecule has 0 aromatic heterocycles. The van der Waals surface area contributed by atoms with Crippen LogP contribution in [0.3, 0.4) is 0 Å². The average Bonchev–Trinajstić information content (AvgIpc) is 2.11. The zero-order valence-electron chi connectivity index (χ0n) is 7.21. The number of halogens is 2. The van der Waals surface area contributed by atoms with E-state index in [1.165, 1.54) is 0 Å². The summed E-state index contributed by atoms with van der Waals surface area (Å²) in [6, 6.07) is 2.66. The normalized spacial score (nSPS) is 12.5. The fraction of sp³-hybridized carbons (Fsp3) is 0.222. The summed E-state index contributed by atoms with van der Waals surface area (Å²) in [6.07, 6.45) is 0. The lowest BCUT2D eigenvalue weighted by Crippen LogP contribution is -2.22. The molecule has 0 spiro atoms. The van der Waals surface area contributed by atoms with Crippen molar-refractivity contribution in [1.29, 1.82) is 0 Å². The number of rotatable bonds is 3. The average molecular weight is 201 g/mol. The van der Waals surface area contributed by atoms with Crippen LogP contribution in [0.5, 0.6) is 0 Å². The number of carboxylic acid groups (broad SMARTS) is 1. The first-order valence-corrected chi connectivity index (χ1v) is 3.94. The Kier molecular flexibility index (Phi) is 3.14. The summed E-state index contributed by atoms with van der Waals surface area (Å²) in [5.41, 5.74) is 4.93. The van der Waals surface area contributed by atoms with E-state index in [-0.39, 0.29) is 12.1 Å². The second-order valence-electron chi connectivity index (χ2n) is 2.79. The third kappa shape index (κ3) is 2.05. The highest BCUT2D eigenvalue weighted by atomic mass is 19.1. The monoisotopic (exact) mass is 201 g/mol. The Morgan fingerprint density at radius 3 is 2.64 bits per heavy atom. The van der Waals surface area contributed by atoms with E-state index in [4.69, 9.17) is 10.8 Å². The molecule has 0 amide bonds. The number of nitrogens with two attached hydrogens (primary N) is 1. The summed E-state index contributed by atoms with van der Waals surface area (Å²) < 4.78 is 25.8. The van der Waals surface area contributed by atoms with Crippen LogP contribution in [0.2, 0.25) is 0 Å². The first-order valence-electron chi connectivity index (χ1n) is 3.94. The lowest BCUT2D eigenvalue weighted by Gasteiger charge is -2.10. The maximum Gasteiger partial charge on any atom is 0.312 e. The van der Waals surface area contributed by atoms with Crippen molar-refractivity contribution < 1.29 is 18.7 Å². The molecule has 1 aromatic rings. The molecule has 1 unspecified atom stereocenters. The fourth-order valence-electron chi connectivity index (χ4n) is 1.14.